The number of fused-ring (bicyclic) bond motifs is 1. The van der Waals surface area contributed by atoms with Gasteiger partial charge in [0, 0.05) is 6.20 Å². The second-order valence-electron chi connectivity index (χ2n) is 6.84. The fourth-order valence-electron chi connectivity index (χ4n) is 3.91. The average Bonchev–Trinajstić information content (AvgIpc) is 3.26. The normalized spacial score (nSPS) is 16.0. The van der Waals surface area contributed by atoms with E-state index < -0.39 is 0 Å². The molecule has 4 rings (SSSR count). The molecule has 3 heterocycles. The van der Waals surface area contributed by atoms with Gasteiger partial charge in [-0.1, -0.05) is 38.5 Å². The molecule has 0 atom stereocenters. The number of nitrogen functional groups attached to an aromatic ring is 1. The molecule has 0 amide bonds. The summed E-state index contributed by atoms with van der Waals surface area (Å²) in [7, 11) is 0. The van der Waals surface area contributed by atoms with Gasteiger partial charge in [-0.3, -0.25) is 0 Å². The van der Waals surface area contributed by atoms with Crippen LogP contribution in [-0.4, -0.2) is 15.0 Å². The van der Waals surface area contributed by atoms with Crippen molar-refractivity contribution >= 4 is 17.0 Å². The molecule has 1 aliphatic rings. The van der Waals surface area contributed by atoms with Crippen LogP contribution >= 0.6 is 0 Å². The molecule has 1 saturated carbocycles. The van der Waals surface area contributed by atoms with Gasteiger partial charge < -0.3 is 15.1 Å². The molecule has 5 nitrogen and oxygen atoms in total. The number of aromatic amines is 1. The first-order valence-electron chi connectivity index (χ1n) is 8.98. The molecule has 24 heavy (non-hydrogen) atoms. The Balaban J connectivity index is 1.54. The number of nitrogens with two attached hydrogens (primary N) is 1. The number of aromatic nitrogens is 3. The molecule has 0 unspecified atom stereocenters. The van der Waals surface area contributed by atoms with Gasteiger partial charge >= 0.3 is 0 Å². The summed E-state index contributed by atoms with van der Waals surface area (Å²) < 4.78 is 5.49. The number of anilines is 1. The molecule has 0 aromatic carbocycles. The first-order valence-corrected chi connectivity index (χ1v) is 8.98. The summed E-state index contributed by atoms with van der Waals surface area (Å²) in [5.41, 5.74) is 9.73. The molecule has 3 aromatic rings. The Morgan fingerprint density at radius 3 is 2.88 bits per heavy atom. The summed E-state index contributed by atoms with van der Waals surface area (Å²) in [5.74, 6) is 1.93. The summed E-state index contributed by atoms with van der Waals surface area (Å²) in [5, 5.41) is 0. The third-order valence-corrected chi connectivity index (χ3v) is 5.16. The maximum atomic E-state index is 5.93. The monoisotopic (exact) mass is 324 g/mol. The van der Waals surface area contributed by atoms with Crippen LogP contribution in [0.25, 0.3) is 22.5 Å². The van der Waals surface area contributed by atoms with Crippen molar-refractivity contribution in [2.45, 2.75) is 51.4 Å². The lowest BCUT2D eigenvalue weighted by Gasteiger charge is -2.21. The van der Waals surface area contributed by atoms with Gasteiger partial charge in [0.05, 0.1) is 17.3 Å². The van der Waals surface area contributed by atoms with Crippen molar-refractivity contribution < 1.29 is 4.42 Å². The highest BCUT2D eigenvalue weighted by Crippen LogP contribution is 2.31. The third-order valence-electron chi connectivity index (χ3n) is 5.16. The van der Waals surface area contributed by atoms with Crippen LogP contribution in [0.5, 0.6) is 0 Å². The van der Waals surface area contributed by atoms with E-state index in [0.717, 1.165) is 29.1 Å². The van der Waals surface area contributed by atoms with E-state index in [-0.39, 0.29) is 0 Å². The van der Waals surface area contributed by atoms with E-state index in [4.69, 9.17) is 10.2 Å². The van der Waals surface area contributed by atoms with Crippen molar-refractivity contribution in [2.24, 2.45) is 5.92 Å². The smallest absolute Gasteiger partial charge is 0.221 e. The van der Waals surface area contributed by atoms with Gasteiger partial charge in [-0.25, -0.2) is 9.97 Å². The average molecular weight is 324 g/mol. The van der Waals surface area contributed by atoms with Crippen LogP contribution in [0.2, 0.25) is 0 Å². The first-order chi connectivity index (χ1) is 11.8. The van der Waals surface area contributed by atoms with Crippen molar-refractivity contribution in [1.29, 1.82) is 0 Å². The maximum absolute atomic E-state index is 5.93. The molecule has 0 bridgehead atoms. The molecule has 0 radical (unpaired) electrons. The topological polar surface area (TPSA) is 80.7 Å². The molecular formula is C19H24N4O. The van der Waals surface area contributed by atoms with Gasteiger partial charge in [0.15, 0.2) is 5.76 Å². The van der Waals surface area contributed by atoms with Gasteiger partial charge in [0.2, 0.25) is 5.95 Å². The molecular weight excluding hydrogens is 300 g/mol. The van der Waals surface area contributed by atoms with Crippen molar-refractivity contribution in [2.75, 3.05) is 5.73 Å². The number of rotatable bonds is 5. The number of hydrogen-bond donors (Lipinski definition) is 2. The Bertz CT molecular complexity index is 800. The Kier molecular flexibility index (Phi) is 4.24. The van der Waals surface area contributed by atoms with Crippen LogP contribution < -0.4 is 5.73 Å². The predicted octanol–water partition coefficient (Wildman–Crippen LogP) is 4.70. The summed E-state index contributed by atoms with van der Waals surface area (Å²) in [6.45, 7) is 0. The van der Waals surface area contributed by atoms with Gasteiger partial charge in [0.1, 0.15) is 5.69 Å². The minimum Gasteiger partial charge on any atom is -0.463 e. The molecule has 5 heteroatoms. The minimum absolute atomic E-state index is 0.294. The fourth-order valence-corrected chi connectivity index (χ4v) is 3.91. The van der Waals surface area contributed by atoms with E-state index in [2.05, 4.69) is 15.0 Å². The van der Waals surface area contributed by atoms with Crippen LogP contribution in [0.15, 0.2) is 29.0 Å². The van der Waals surface area contributed by atoms with E-state index >= 15 is 0 Å². The van der Waals surface area contributed by atoms with E-state index in [0.29, 0.717) is 11.7 Å². The van der Waals surface area contributed by atoms with Crippen LogP contribution in [0.1, 0.15) is 50.5 Å². The van der Waals surface area contributed by atoms with E-state index in [1.54, 1.807) is 6.26 Å². The molecule has 1 fully saturated rings. The number of furan rings is 1. The zero-order valence-electron chi connectivity index (χ0n) is 13.9. The van der Waals surface area contributed by atoms with Crippen molar-refractivity contribution in [3.8, 4) is 11.5 Å². The largest absolute Gasteiger partial charge is 0.463 e. The van der Waals surface area contributed by atoms with Crippen molar-refractivity contribution in [3.05, 3.63) is 30.2 Å². The second kappa shape index (κ2) is 6.67. The van der Waals surface area contributed by atoms with Crippen LogP contribution in [-0.2, 0) is 6.42 Å². The van der Waals surface area contributed by atoms with Gasteiger partial charge in [-0.05, 0) is 36.5 Å². The van der Waals surface area contributed by atoms with Crippen molar-refractivity contribution in [1.82, 2.24) is 15.0 Å². The maximum Gasteiger partial charge on any atom is 0.221 e. The van der Waals surface area contributed by atoms with Gasteiger partial charge in [-0.2, -0.15) is 0 Å². The molecule has 0 saturated heterocycles. The Morgan fingerprint density at radius 2 is 2.08 bits per heavy atom. The molecule has 1 aliphatic carbocycles. The lowest BCUT2D eigenvalue weighted by Crippen LogP contribution is -2.06. The molecule has 126 valence electrons. The highest BCUT2D eigenvalue weighted by molar-refractivity contribution is 5.91. The number of H-pyrrole nitrogens is 1. The van der Waals surface area contributed by atoms with Gasteiger partial charge in [-0.15, -0.1) is 0 Å². The SMILES string of the molecule is Nc1nc(-c2ccco2)c2[nH]cc(CCCC3CCCCC3)c2n1. The number of nitrogens with zero attached hydrogens (tertiary/aromatic N) is 2. The number of hydrogen-bond acceptors (Lipinski definition) is 4. The first kappa shape index (κ1) is 15.2. The Morgan fingerprint density at radius 1 is 1.21 bits per heavy atom. The standard InChI is InChI=1S/C19H24N4O/c20-19-22-16-14(9-4-8-13-6-2-1-3-7-13)12-21-18(16)17(23-19)15-10-5-11-24-15/h5,10-13,21H,1-4,6-9H2,(H2,20,22,23). The van der Waals surface area contributed by atoms with E-state index in [9.17, 15) is 0 Å². The fraction of sp³-hybridized carbons (Fsp3) is 0.474. The van der Waals surface area contributed by atoms with Gasteiger partial charge in [0.25, 0.3) is 0 Å². The zero-order valence-corrected chi connectivity index (χ0v) is 13.9. The third kappa shape index (κ3) is 3.03. The summed E-state index contributed by atoms with van der Waals surface area (Å²) >= 11 is 0. The van der Waals surface area contributed by atoms with Crippen LogP contribution in [0.3, 0.4) is 0 Å². The second-order valence-corrected chi connectivity index (χ2v) is 6.84. The summed E-state index contributed by atoms with van der Waals surface area (Å²) in [6.07, 6.45) is 14.3. The van der Waals surface area contributed by atoms with E-state index in [1.165, 1.54) is 50.5 Å². The molecule has 0 aliphatic heterocycles. The summed E-state index contributed by atoms with van der Waals surface area (Å²) in [4.78, 5) is 12.1. The van der Waals surface area contributed by atoms with E-state index in [1.807, 2.05) is 18.3 Å². The molecule has 3 aromatic heterocycles. The zero-order chi connectivity index (χ0) is 16.4. The minimum atomic E-state index is 0.294. The lowest BCUT2D eigenvalue weighted by atomic mass is 9.85. The number of nitrogens with one attached hydrogen (secondary N) is 1. The summed E-state index contributed by atoms with van der Waals surface area (Å²) in [6, 6.07) is 3.75. The Labute approximate surface area is 141 Å². The van der Waals surface area contributed by atoms with Crippen LogP contribution in [0, 0.1) is 5.92 Å². The molecule has 3 N–H and O–H groups in total. The lowest BCUT2D eigenvalue weighted by molar-refractivity contribution is 0.332. The predicted molar refractivity (Wildman–Crippen MR) is 95.5 cm³/mol. The highest BCUT2D eigenvalue weighted by atomic mass is 16.3. The van der Waals surface area contributed by atoms with Crippen molar-refractivity contribution in [3.63, 3.8) is 0 Å². The highest BCUT2D eigenvalue weighted by Gasteiger charge is 2.17. The molecule has 0 spiro atoms. The Hall–Kier alpha value is -2.30. The number of aryl methyl sites for hydroxylation is 1. The quantitative estimate of drug-likeness (QED) is 0.712. The van der Waals surface area contributed by atoms with Crippen LogP contribution in [0.4, 0.5) is 5.95 Å².